The van der Waals surface area contributed by atoms with Gasteiger partial charge in [-0.2, -0.15) is 11.8 Å². The number of fused-ring (bicyclic) bond motifs is 1. The molecule has 20 heavy (non-hydrogen) atoms. The molecular weight excluding hydrogens is 268 g/mol. The van der Waals surface area contributed by atoms with Gasteiger partial charge in [0.05, 0.1) is 6.04 Å². The van der Waals surface area contributed by atoms with Gasteiger partial charge in [-0.3, -0.25) is 10.1 Å². The Labute approximate surface area is 125 Å². The molecule has 108 valence electrons. The van der Waals surface area contributed by atoms with Crippen molar-refractivity contribution < 1.29 is 4.79 Å². The number of thioether (sulfide) groups is 1. The van der Waals surface area contributed by atoms with Crippen LogP contribution in [0.5, 0.6) is 0 Å². The summed E-state index contributed by atoms with van der Waals surface area (Å²) in [6, 6.07) is 8.79. The molecule has 0 saturated carbocycles. The zero-order chi connectivity index (χ0) is 13.9. The van der Waals surface area contributed by atoms with Gasteiger partial charge in [0.1, 0.15) is 0 Å². The van der Waals surface area contributed by atoms with E-state index in [4.69, 9.17) is 0 Å². The van der Waals surface area contributed by atoms with Crippen LogP contribution in [-0.2, 0) is 10.5 Å². The molecule has 1 aromatic rings. The first kappa shape index (κ1) is 14.0. The normalized spacial score (nSPS) is 23.4. The fraction of sp³-hybridized carbons (Fsp3) is 0.562. The van der Waals surface area contributed by atoms with Crippen molar-refractivity contribution in [2.24, 2.45) is 0 Å². The van der Waals surface area contributed by atoms with Crippen molar-refractivity contribution in [3.63, 3.8) is 0 Å². The summed E-state index contributed by atoms with van der Waals surface area (Å²) < 4.78 is 0. The summed E-state index contributed by atoms with van der Waals surface area (Å²) in [7, 11) is 0. The van der Waals surface area contributed by atoms with Crippen LogP contribution in [0, 0.1) is 0 Å². The Morgan fingerprint density at radius 1 is 1.35 bits per heavy atom. The molecule has 4 heteroatoms. The number of hydrogen-bond donors (Lipinski definition) is 1. The summed E-state index contributed by atoms with van der Waals surface area (Å²) in [5, 5.41) is 3.54. The number of rotatable bonds is 3. The molecule has 2 aliphatic heterocycles. The van der Waals surface area contributed by atoms with Gasteiger partial charge >= 0.3 is 0 Å². The minimum atomic E-state index is -0.0927. The quantitative estimate of drug-likeness (QED) is 0.928. The van der Waals surface area contributed by atoms with Crippen molar-refractivity contribution in [2.75, 3.05) is 18.8 Å². The highest BCUT2D eigenvalue weighted by Gasteiger charge is 2.27. The number of nitrogens with zero attached hydrogens (tertiary/aromatic N) is 1. The molecule has 1 amide bonds. The number of carbonyl (C=O) groups is 1. The molecule has 2 heterocycles. The van der Waals surface area contributed by atoms with E-state index in [2.05, 4.69) is 29.6 Å². The molecule has 2 atom stereocenters. The van der Waals surface area contributed by atoms with Crippen LogP contribution in [0.25, 0.3) is 0 Å². The van der Waals surface area contributed by atoms with Crippen LogP contribution in [0.4, 0.5) is 0 Å². The number of likely N-dealkylation sites (tertiary alicyclic amines) is 1. The average Bonchev–Trinajstić information content (AvgIpc) is 3.01. The molecule has 0 aliphatic carbocycles. The lowest BCUT2D eigenvalue weighted by molar-refractivity contribution is -0.132. The number of hydrogen-bond acceptors (Lipinski definition) is 3. The standard InChI is InChI=1S/C16H22N2OS/c1-12(16(19)18-8-4-5-9-18)17-15-11-20-10-13-6-2-3-7-14(13)15/h2-3,6-7,12,15,17H,4-5,8-11H2,1H3. The van der Waals surface area contributed by atoms with Gasteiger partial charge in [-0.05, 0) is 30.9 Å². The Kier molecular flexibility index (Phi) is 4.32. The molecule has 1 fully saturated rings. The highest BCUT2D eigenvalue weighted by molar-refractivity contribution is 7.98. The fourth-order valence-corrected chi connectivity index (χ4v) is 4.22. The van der Waals surface area contributed by atoms with E-state index in [0.29, 0.717) is 6.04 Å². The molecule has 1 aromatic carbocycles. The zero-order valence-corrected chi connectivity index (χ0v) is 12.8. The summed E-state index contributed by atoms with van der Waals surface area (Å²) in [6.45, 7) is 3.87. The maximum atomic E-state index is 12.4. The number of amides is 1. The fourth-order valence-electron chi connectivity index (χ4n) is 3.10. The molecule has 2 aliphatic rings. The van der Waals surface area contributed by atoms with E-state index in [1.165, 1.54) is 11.1 Å². The van der Waals surface area contributed by atoms with Crippen LogP contribution in [0.15, 0.2) is 24.3 Å². The van der Waals surface area contributed by atoms with E-state index in [1.54, 1.807) is 0 Å². The molecule has 2 unspecified atom stereocenters. The zero-order valence-electron chi connectivity index (χ0n) is 12.0. The highest BCUT2D eigenvalue weighted by atomic mass is 32.2. The maximum absolute atomic E-state index is 12.4. The summed E-state index contributed by atoms with van der Waals surface area (Å²) in [6.07, 6.45) is 2.31. The molecular formula is C16H22N2OS. The first-order valence-electron chi connectivity index (χ1n) is 7.46. The molecule has 0 spiro atoms. The molecule has 0 radical (unpaired) electrons. The first-order chi connectivity index (χ1) is 9.75. The molecule has 1 N–H and O–H groups in total. The molecule has 0 aromatic heterocycles. The largest absolute Gasteiger partial charge is 0.341 e. The van der Waals surface area contributed by atoms with Crippen molar-refractivity contribution in [1.82, 2.24) is 10.2 Å². The van der Waals surface area contributed by atoms with Crippen molar-refractivity contribution in [2.45, 2.75) is 37.6 Å². The number of benzene rings is 1. The minimum absolute atomic E-state index is 0.0927. The van der Waals surface area contributed by atoms with Crippen LogP contribution in [0.3, 0.4) is 0 Å². The van der Waals surface area contributed by atoms with Gasteiger partial charge in [0, 0.05) is 30.6 Å². The van der Waals surface area contributed by atoms with Gasteiger partial charge < -0.3 is 4.90 Å². The van der Waals surface area contributed by atoms with E-state index in [0.717, 1.165) is 37.4 Å². The number of carbonyl (C=O) groups excluding carboxylic acids is 1. The van der Waals surface area contributed by atoms with Crippen LogP contribution >= 0.6 is 11.8 Å². The lowest BCUT2D eigenvalue weighted by atomic mass is 10.0. The van der Waals surface area contributed by atoms with Gasteiger partial charge in [-0.15, -0.1) is 0 Å². The summed E-state index contributed by atoms with van der Waals surface area (Å²) in [5.41, 5.74) is 2.77. The van der Waals surface area contributed by atoms with Crippen molar-refractivity contribution in [1.29, 1.82) is 0 Å². The van der Waals surface area contributed by atoms with Crippen molar-refractivity contribution in [3.05, 3.63) is 35.4 Å². The monoisotopic (exact) mass is 290 g/mol. The van der Waals surface area contributed by atoms with Crippen LogP contribution in [0.1, 0.15) is 36.9 Å². The van der Waals surface area contributed by atoms with Gasteiger partial charge in [0.25, 0.3) is 0 Å². The van der Waals surface area contributed by atoms with Crippen LogP contribution in [-0.4, -0.2) is 35.7 Å². The molecule has 0 bridgehead atoms. The number of nitrogens with one attached hydrogen (secondary N) is 1. The topological polar surface area (TPSA) is 32.3 Å². The lowest BCUT2D eigenvalue weighted by Crippen LogP contribution is -2.45. The van der Waals surface area contributed by atoms with Gasteiger partial charge in [0.2, 0.25) is 5.91 Å². The van der Waals surface area contributed by atoms with Crippen LogP contribution < -0.4 is 5.32 Å². The SMILES string of the molecule is CC(NC1CSCc2ccccc21)C(=O)N1CCCC1. The summed E-state index contributed by atoms with van der Waals surface area (Å²) in [4.78, 5) is 14.4. The Hall–Kier alpha value is -1.00. The predicted molar refractivity (Wildman–Crippen MR) is 83.8 cm³/mol. The second-order valence-corrected chi connectivity index (χ2v) is 6.72. The lowest BCUT2D eigenvalue weighted by Gasteiger charge is -2.30. The Bertz CT molecular complexity index is 485. The summed E-state index contributed by atoms with van der Waals surface area (Å²) in [5.74, 6) is 2.40. The van der Waals surface area contributed by atoms with Crippen molar-refractivity contribution >= 4 is 17.7 Å². The smallest absolute Gasteiger partial charge is 0.239 e. The minimum Gasteiger partial charge on any atom is -0.341 e. The Morgan fingerprint density at radius 2 is 2.10 bits per heavy atom. The Morgan fingerprint density at radius 3 is 2.90 bits per heavy atom. The van der Waals surface area contributed by atoms with Gasteiger partial charge in [0.15, 0.2) is 0 Å². The molecule has 1 saturated heterocycles. The molecule has 3 nitrogen and oxygen atoms in total. The molecule has 3 rings (SSSR count). The third-order valence-corrected chi connectivity index (χ3v) is 5.30. The Balaban J connectivity index is 1.67. The third-order valence-electron chi connectivity index (χ3n) is 4.21. The summed E-state index contributed by atoms with van der Waals surface area (Å²) >= 11 is 1.94. The van der Waals surface area contributed by atoms with Crippen LogP contribution in [0.2, 0.25) is 0 Å². The predicted octanol–water partition coefficient (Wildman–Crippen LogP) is 2.58. The first-order valence-corrected chi connectivity index (χ1v) is 8.61. The third kappa shape index (κ3) is 2.86. The average molecular weight is 290 g/mol. The second kappa shape index (κ2) is 6.19. The van der Waals surface area contributed by atoms with E-state index >= 15 is 0 Å². The second-order valence-electron chi connectivity index (χ2n) is 5.69. The van der Waals surface area contributed by atoms with E-state index in [9.17, 15) is 4.79 Å². The van der Waals surface area contributed by atoms with Gasteiger partial charge in [-0.1, -0.05) is 24.3 Å². The van der Waals surface area contributed by atoms with E-state index in [1.807, 2.05) is 23.6 Å². The van der Waals surface area contributed by atoms with E-state index < -0.39 is 0 Å². The van der Waals surface area contributed by atoms with E-state index in [-0.39, 0.29) is 11.9 Å². The van der Waals surface area contributed by atoms with Crippen molar-refractivity contribution in [3.8, 4) is 0 Å². The highest BCUT2D eigenvalue weighted by Crippen LogP contribution is 2.31. The van der Waals surface area contributed by atoms with Gasteiger partial charge in [-0.25, -0.2) is 0 Å². The maximum Gasteiger partial charge on any atom is 0.239 e.